The number of benzene rings is 1. The van der Waals surface area contributed by atoms with Crippen molar-refractivity contribution in [3.63, 3.8) is 0 Å². The molecule has 2 atom stereocenters. The second-order valence-corrected chi connectivity index (χ2v) is 5.72. The minimum Gasteiger partial charge on any atom is -0.309 e. The van der Waals surface area contributed by atoms with Crippen molar-refractivity contribution in [2.45, 2.75) is 45.2 Å². The average molecular weight is 282 g/mol. The molecule has 1 heterocycles. The molecule has 0 amide bonds. The van der Waals surface area contributed by atoms with Crippen LogP contribution in [0.1, 0.15) is 44.7 Å². The molecule has 2 unspecified atom stereocenters. The van der Waals surface area contributed by atoms with Crippen LogP contribution in [0.15, 0.2) is 18.2 Å². The maximum Gasteiger partial charge on any atom is 0.163 e. The van der Waals surface area contributed by atoms with Gasteiger partial charge in [-0.05, 0) is 45.8 Å². The van der Waals surface area contributed by atoms with Crippen molar-refractivity contribution in [1.82, 2.24) is 10.2 Å². The van der Waals surface area contributed by atoms with Gasteiger partial charge in [0.1, 0.15) is 0 Å². The minimum absolute atomic E-state index is 0.182. The largest absolute Gasteiger partial charge is 0.309 e. The number of hydrogen-bond acceptors (Lipinski definition) is 2. The molecule has 0 aromatic heterocycles. The van der Waals surface area contributed by atoms with Crippen LogP contribution >= 0.6 is 0 Å². The highest BCUT2D eigenvalue weighted by atomic mass is 19.2. The van der Waals surface area contributed by atoms with Crippen molar-refractivity contribution >= 4 is 0 Å². The summed E-state index contributed by atoms with van der Waals surface area (Å²) in [5, 5.41) is 3.32. The maximum absolute atomic E-state index is 13.7. The van der Waals surface area contributed by atoms with Crippen LogP contribution in [-0.4, -0.2) is 30.6 Å². The lowest BCUT2D eigenvalue weighted by Crippen LogP contribution is -2.43. The van der Waals surface area contributed by atoms with Crippen molar-refractivity contribution in [2.24, 2.45) is 0 Å². The summed E-state index contributed by atoms with van der Waals surface area (Å²) in [5.41, 5.74) is 0.399. The van der Waals surface area contributed by atoms with E-state index in [4.69, 9.17) is 0 Å². The van der Waals surface area contributed by atoms with E-state index >= 15 is 0 Å². The zero-order valence-corrected chi connectivity index (χ0v) is 12.3. The molecular weight excluding hydrogens is 258 g/mol. The highest BCUT2D eigenvalue weighted by molar-refractivity contribution is 5.21. The lowest BCUT2D eigenvalue weighted by Gasteiger charge is -2.33. The average Bonchev–Trinajstić information content (AvgIpc) is 2.48. The Kier molecular flexibility index (Phi) is 5.49. The van der Waals surface area contributed by atoms with Crippen molar-refractivity contribution in [1.29, 1.82) is 0 Å². The fraction of sp³-hybridized carbons (Fsp3) is 0.625. The fourth-order valence-electron chi connectivity index (χ4n) is 2.80. The minimum atomic E-state index is -0.778. The van der Waals surface area contributed by atoms with Gasteiger partial charge in [-0.15, -0.1) is 0 Å². The lowest BCUT2D eigenvalue weighted by molar-refractivity contribution is 0.168. The van der Waals surface area contributed by atoms with Crippen LogP contribution in [0.5, 0.6) is 0 Å². The topological polar surface area (TPSA) is 15.3 Å². The zero-order valence-electron chi connectivity index (χ0n) is 12.3. The Morgan fingerprint density at radius 2 is 1.85 bits per heavy atom. The van der Waals surface area contributed by atoms with Gasteiger partial charge in [0.2, 0.25) is 0 Å². The molecule has 0 spiro atoms. The monoisotopic (exact) mass is 282 g/mol. The molecule has 20 heavy (non-hydrogen) atoms. The third-order valence-electron chi connectivity index (χ3n) is 4.18. The van der Waals surface area contributed by atoms with E-state index in [0.717, 1.165) is 25.7 Å². The van der Waals surface area contributed by atoms with E-state index in [9.17, 15) is 8.78 Å². The van der Waals surface area contributed by atoms with Gasteiger partial charge in [0.05, 0.1) is 0 Å². The summed E-state index contributed by atoms with van der Waals surface area (Å²) in [7, 11) is 0. The number of likely N-dealkylation sites (tertiary alicyclic amines) is 1. The van der Waals surface area contributed by atoms with Crippen LogP contribution in [0, 0.1) is 11.6 Å². The predicted molar refractivity (Wildman–Crippen MR) is 77.7 cm³/mol. The van der Waals surface area contributed by atoms with Crippen molar-refractivity contribution in [3.8, 4) is 0 Å². The van der Waals surface area contributed by atoms with Crippen LogP contribution in [0.2, 0.25) is 0 Å². The normalized spacial score (nSPS) is 19.8. The number of halogens is 2. The Bertz CT molecular complexity index is 430. The molecule has 0 radical (unpaired) electrons. The summed E-state index contributed by atoms with van der Waals surface area (Å²) < 4.78 is 26.9. The van der Waals surface area contributed by atoms with Gasteiger partial charge in [-0.25, -0.2) is 8.78 Å². The maximum atomic E-state index is 13.7. The van der Waals surface area contributed by atoms with E-state index < -0.39 is 11.6 Å². The Morgan fingerprint density at radius 1 is 1.15 bits per heavy atom. The first kappa shape index (κ1) is 15.4. The van der Waals surface area contributed by atoms with Crippen LogP contribution in [0.3, 0.4) is 0 Å². The first-order valence-corrected chi connectivity index (χ1v) is 7.51. The predicted octanol–water partition coefficient (Wildman–Crippen LogP) is 3.49. The number of rotatable bonds is 5. The first-order chi connectivity index (χ1) is 9.59. The van der Waals surface area contributed by atoms with E-state index in [2.05, 4.69) is 17.1 Å². The molecule has 1 saturated heterocycles. The van der Waals surface area contributed by atoms with Crippen molar-refractivity contribution in [3.05, 3.63) is 35.4 Å². The number of nitrogens with one attached hydrogen (secondary N) is 1. The highest BCUT2D eigenvalue weighted by Gasteiger charge is 2.18. The van der Waals surface area contributed by atoms with Gasteiger partial charge in [-0.3, -0.25) is 4.90 Å². The summed E-state index contributed by atoms with van der Waals surface area (Å²) in [4.78, 5) is 2.46. The number of hydrogen-bond donors (Lipinski definition) is 1. The van der Waals surface area contributed by atoms with E-state index in [1.54, 1.807) is 12.1 Å². The highest BCUT2D eigenvalue weighted by Crippen LogP contribution is 2.19. The molecule has 1 aliphatic rings. The van der Waals surface area contributed by atoms with Gasteiger partial charge < -0.3 is 5.32 Å². The Balaban J connectivity index is 1.88. The third kappa shape index (κ3) is 3.76. The van der Waals surface area contributed by atoms with Crippen LogP contribution in [0.25, 0.3) is 0 Å². The fourth-order valence-corrected chi connectivity index (χ4v) is 2.80. The molecule has 112 valence electrons. The van der Waals surface area contributed by atoms with Crippen molar-refractivity contribution < 1.29 is 8.78 Å². The van der Waals surface area contributed by atoms with E-state index in [1.807, 2.05) is 6.92 Å². The molecule has 2 nitrogen and oxygen atoms in total. The van der Waals surface area contributed by atoms with Gasteiger partial charge in [-0.1, -0.05) is 18.6 Å². The van der Waals surface area contributed by atoms with Crippen LogP contribution < -0.4 is 5.32 Å². The van der Waals surface area contributed by atoms with Gasteiger partial charge in [-0.2, -0.15) is 0 Å². The molecular formula is C16H24F2N2. The standard InChI is InChI=1S/C16H24F2N2/c1-12(20-9-4-3-5-10-20)11-19-13(2)14-7-6-8-15(17)16(14)18/h6-8,12-13,19H,3-5,9-11H2,1-2H3. The van der Waals surface area contributed by atoms with Gasteiger partial charge in [0.25, 0.3) is 0 Å². The van der Waals surface area contributed by atoms with Gasteiger partial charge in [0, 0.05) is 24.2 Å². The molecule has 2 rings (SSSR count). The van der Waals surface area contributed by atoms with Crippen LogP contribution in [-0.2, 0) is 0 Å². The molecule has 1 fully saturated rings. The summed E-state index contributed by atoms with van der Waals surface area (Å²) in [6.45, 7) is 7.14. The molecule has 1 N–H and O–H groups in total. The molecule has 1 aromatic carbocycles. The summed E-state index contributed by atoms with van der Waals surface area (Å²) >= 11 is 0. The number of nitrogens with zero attached hydrogens (tertiary/aromatic N) is 1. The van der Waals surface area contributed by atoms with E-state index in [1.165, 1.54) is 19.3 Å². The molecule has 0 saturated carbocycles. The quantitative estimate of drug-likeness (QED) is 0.889. The summed E-state index contributed by atoms with van der Waals surface area (Å²) in [6.07, 6.45) is 3.85. The zero-order chi connectivity index (χ0) is 14.5. The Morgan fingerprint density at radius 3 is 2.55 bits per heavy atom. The van der Waals surface area contributed by atoms with E-state index in [-0.39, 0.29) is 6.04 Å². The third-order valence-corrected chi connectivity index (χ3v) is 4.18. The second kappa shape index (κ2) is 7.14. The van der Waals surface area contributed by atoms with Gasteiger partial charge in [0.15, 0.2) is 11.6 Å². The first-order valence-electron chi connectivity index (χ1n) is 7.51. The SMILES string of the molecule is CC(NCC(C)N1CCCCC1)c1cccc(F)c1F. The number of piperidine rings is 1. The van der Waals surface area contributed by atoms with Crippen LogP contribution in [0.4, 0.5) is 8.78 Å². The van der Waals surface area contributed by atoms with E-state index in [0.29, 0.717) is 11.6 Å². The molecule has 0 aliphatic carbocycles. The second-order valence-electron chi connectivity index (χ2n) is 5.72. The van der Waals surface area contributed by atoms with Gasteiger partial charge >= 0.3 is 0 Å². The smallest absolute Gasteiger partial charge is 0.163 e. The summed E-state index contributed by atoms with van der Waals surface area (Å²) in [6, 6.07) is 4.59. The molecule has 0 bridgehead atoms. The molecule has 4 heteroatoms. The lowest BCUT2D eigenvalue weighted by atomic mass is 10.1. The molecule has 1 aliphatic heterocycles. The summed E-state index contributed by atoms with van der Waals surface area (Å²) in [5.74, 6) is -1.52. The Labute approximate surface area is 120 Å². The molecule has 1 aromatic rings. The Hall–Kier alpha value is -1.00. The van der Waals surface area contributed by atoms with Crippen molar-refractivity contribution in [2.75, 3.05) is 19.6 Å².